The van der Waals surface area contributed by atoms with E-state index < -0.39 is 0 Å². The molecule has 2 N–H and O–H groups in total. The van der Waals surface area contributed by atoms with E-state index in [1.165, 1.54) is 0 Å². The number of hydrogen-bond donors (Lipinski definition) is 2. The van der Waals surface area contributed by atoms with Gasteiger partial charge in [0.25, 0.3) is 0 Å². The highest BCUT2D eigenvalue weighted by Gasteiger charge is 2.13. The minimum atomic E-state index is -0.205. The molecule has 0 spiro atoms. The molecule has 0 fully saturated rings. The molecule has 5 heteroatoms. The molecule has 0 saturated heterocycles. The molecule has 1 aromatic rings. The van der Waals surface area contributed by atoms with E-state index in [9.17, 15) is 4.79 Å². The lowest BCUT2D eigenvalue weighted by Crippen LogP contribution is -2.44. The maximum absolute atomic E-state index is 11.6. The Morgan fingerprint density at radius 2 is 2.05 bits per heavy atom. The highest BCUT2D eigenvalue weighted by molar-refractivity contribution is 5.78. The zero-order chi connectivity index (χ0) is 14.5. The monoisotopic (exact) mass is 265 g/mol. The van der Waals surface area contributed by atoms with Crippen LogP contribution in [-0.4, -0.2) is 30.1 Å². The number of carbonyl (C=O) groups excluding carboxylic acids is 1. The fraction of sp³-hybridized carbons (Fsp3) is 0.571. The number of methoxy groups -OCH3 is 1. The van der Waals surface area contributed by atoms with Crippen LogP contribution < -0.4 is 15.4 Å². The number of carbonyl (C=O) groups is 1. The molecule has 0 aliphatic rings. The lowest BCUT2D eigenvalue weighted by Gasteiger charge is -2.20. The molecular weight excluding hydrogens is 242 g/mol. The number of nitrogens with zero attached hydrogens (tertiary/aromatic N) is 1. The predicted octanol–water partition coefficient (Wildman–Crippen LogP) is 1.40. The molecule has 0 radical (unpaired) electrons. The number of ether oxygens (including phenoxy) is 1. The summed E-state index contributed by atoms with van der Waals surface area (Å²) in [5, 5.41) is 5.97. The normalized spacial score (nSPS) is 11.2. The average Bonchev–Trinajstić information content (AvgIpc) is 2.25. The molecule has 106 valence electrons. The lowest BCUT2D eigenvalue weighted by atomic mass is 10.1. The molecule has 0 atom stereocenters. The molecule has 1 aromatic heterocycles. The quantitative estimate of drug-likeness (QED) is 0.845. The molecular formula is C14H23N3O2. The van der Waals surface area contributed by atoms with Gasteiger partial charge >= 0.3 is 0 Å². The van der Waals surface area contributed by atoms with Crippen LogP contribution in [-0.2, 0) is 11.3 Å². The number of aromatic nitrogens is 1. The Morgan fingerprint density at radius 3 is 2.63 bits per heavy atom. The van der Waals surface area contributed by atoms with E-state index in [-0.39, 0.29) is 18.0 Å². The number of aryl methyl sites for hydroxylation is 1. The Kier molecular flexibility index (Phi) is 5.30. The van der Waals surface area contributed by atoms with Crippen molar-refractivity contribution in [3.05, 3.63) is 23.5 Å². The van der Waals surface area contributed by atoms with Crippen LogP contribution in [0.15, 0.2) is 12.1 Å². The van der Waals surface area contributed by atoms with Gasteiger partial charge < -0.3 is 15.4 Å². The topological polar surface area (TPSA) is 63.2 Å². The SMILES string of the molecule is COc1cc(C)nc(CNCC(=O)NC(C)(C)C)c1. The van der Waals surface area contributed by atoms with Crippen molar-refractivity contribution in [1.82, 2.24) is 15.6 Å². The van der Waals surface area contributed by atoms with Crippen LogP contribution in [0.2, 0.25) is 0 Å². The van der Waals surface area contributed by atoms with Crippen LogP contribution in [0.3, 0.4) is 0 Å². The summed E-state index contributed by atoms with van der Waals surface area (Å²) in [5.74, 6) is 0.760. The smallest absolute Gasteiger partial charge is 0.234 e. The van der Waals surface area contributed by atoms with Gasteiger partial charge in [-0.05, 0) is 27.7 Å². The summed E-state index contributed by atoms with van der Waals surface area (Å²) in [6.07, 6.45) is 0. The zero-order valence-corrected chi connectivity index (χ0v) is 12.3. The van der Waals surface area contributed by atoms with Gasteiger partial charge in [0.15, 0.2) is 0 Å². The molecule has 0 bridgehead atoms. The van der Waals surface area contributed by atoms with Gasteiger partial charge in [-0.15, -0.1) is 0 Å². The van der Waals surface area contributed by atoms with E-state index >= 15 is 0 Å². The second kappa shape index (κ2) is 6.52. The van der Waals surface area contributed by atoms with E-state index in [0.717, 1.165) is 17.1 Å². The standard InChI is InChI=1S/C14H23N3O2/c1-10-6-12(19-5)7-11(16-10)8-15-9-13(18)17-14(2,3)4/h6-7,15H,8-9H2,1-5H3,(H,17,18). The van der Waals surface area contributed by atoms with Crippen LogP contribution in [0.1, 0.15) is 32.2 Å². The van der Waals surface area contributed by atoms with Gasteiger partial charge in [0.1, 0.15) is 5.75 Å². The second-order valence-electron chi connectivity index (χ2n) is 5.54. The minimum absolute atomic E-state index is 0.0212. The van der Waals surface area contributed by atoms with E-state index in [0.29, 0.717) is 6.54 Å². The van der Waals surface area contributed by atoms with Gasteiger partial charge in [-0.25, -0.2) is 0 Å². The van der Waals surface area contributed by atoms with Crippen molar-refractivity contribution in [3.8, 4) is 5.75 Å². The number of rotatable bonds is 5. The van der Waals surface area contributed by atoms with Crippen molar-refractivity contribution in [2.75, 3.05) is 13.7 Å². The number of amides is 1. The first-order valence-electron chi connectivity index (χ1n) is 6.33. The summed E-state index contributed by atoms with van der Waals surface area (Å²) >= 11 is 0. The summed E-state index contributed by atoms with van der Waals surface area (Å²) in [7, 11) is 1.63. The molecule has 0 saturated carbocycles. The minimum Gasteiger partial charge on any atom is -0.497 e. The van der Waals surface area contributed by atoms with E-state index in [2.05, 4.69) is 15.6 Å². The van der Waals surface area contributed by atoms with Crippen LogP contribution in [0, 0.1) is 6.92 Å². The average molecular weight is 265 g/mol. The van der Waals surface area contributed by atoms with Crippen LogP contribution >= 0.6 is 0 Å². The highest BCUT2D eigenvalue weighted by Crippen LogP contribution is 2.12. The van der Waals surface area contributed by atoms with E-state index in [4.69, 9.17) is 4.74 Å². The van der Waals surface area contributed by atoms with Crippen molar-refractivity contribution < 1.29 is 9.53 Å². The Labute approximate surface area is 114 Å². The van der Waals surface area contributed by atoms with Crippen molar-refractivity contribution in [1.29, 1.82) is 0 Å². The Morgan fingerprint density at radius 1 is 1.37 bits per heavy atom. The third kappa shape index (κ3) is 6.20. The molecule has 0 unspecified atom stereocenters. The molecule has 0 aliphatic carbocycles. The first-order valence-corrected chi connectivity index (χ1v) is 6.33. The number of nitrogens with one attached hydrogen (secondary N) is 2. The maximum Gasteiger partial charge on any atom is 0.234 e. The summed E-state index contributed by atoms with van der Waals surface area (Å²) in [6.45, 7) is 8.59. The van der Waals surface area contributed by atoms with Crippen molar-refractivity contribution >= 4 is 5.91 Å². The molecule has 5 nitrogen and oxygen atoms in total. The van der Waals surface area contributed by atoms with Gasteiger partial charge in [0.2, 0.25) is 5.91 Å². The van der Waals surface area contributed by atoms with Gasteiger partial charge in [-0.1, -0.05) is 0 Å². The third-order valence-corrected chi connectivity index (χ3v) is 2.32. The second-order valence-corrected chi connectivity index (χ2v) is 5.54. The van der Waals surface area contributed by atoms with Crippen molar-refractivity contribution in [2.45, 2.75) is 39.8 Å². The summed E-state index contributed by atoms with van der Waals surface area (Å²) in [4.78, 5) is 16.0. The zero-order valence-electron chi connectivity index (χ0n) is 12.3. The third-order valence-electron chi connectivity index (χ3n) is 2.32. The Bertz CT molecular complexity index is 439. The van der Waals surface area contributed by atoms with Crippen LogP contribution in [0.5, 0.6) is 5.75 Å². The number of pyridine rings is 1. The highest BCUT2D eigenvalue weighted by atomic mass is 16.5. The lowest BCUT2D eigenvalue weighted by molar-refractivity contribution is -0.121. The van der Waals surface area contributed by atoms with Gasteiger partial charge in [-0.3, -0.25) is 9.78 Å². The predicted molar refractivity (Wildman–Crippen MR) is 75.1 cm³/mol. The molecule has 1 heterocycles. The molecule has 1 rings (SSSR count). The van der Waals surface area contributed by atoms with Gasteiger partial charge in [0.05, 0.1) is 19.3 Å². The fourth-order valence-electron chi connectivity index (χ4n) is 1.68. The van der Waals surface area contributed by atoms with Gasteiger partial charge in [-0.2, -0.15) is 0 Å². The molecule has 0 aliphatic heterocycles. The van der Waals surface area contributed by atoms with Crippen molar-refractivity contribution in [2.24, 2.45) is 0 Å². The van der Waals surface area contributed by atoms with E-state index in [1.54, 1.807) is 7.11 Å². The number of hydrogen-bond acceptors (Lipinski definition) is 4. The molecule has 19 heavy (non-hydrogen) atoms. The maximum atomic E-state index is 11.6. The first-order chi connectivity index (χ1) is 8.80. The van der Waals surface area contributed by atoms with Crippen LogP contribution in [0.4, 0.5) is 0 Å². The van der Waals surface area contributed by atoms with Crippen molar-refractivity contribution in [3.63, 3.8) is 0 Å². The summed E-state index contributed by atoms with van der Waals surface area (Å²) in [5.41, 5.74) is 1.56. The fourth-order valence-corrected chi connectivity index (χ4v) is 1.68. The molecule has 1 amide bonds. The Hall–Kier alpha value is -1.62. The van der Waals surface area contributed by atoms with Crippen LogP contribution in [0.25, 0.3) is 0 Å². The van der Waals surface area contributed by atoms with E-state index in [1.807, 2.05) is 39.8 Å². The largest absolute Gasteiger partial charge is 0.497 e. The first kappa shape index (κ1) is 15.4. The Balaban J connectivity index is 2.45. The molecule has 0 aromatic carbocycles. The summed E-state index contributed by atoms with van der Waals surface area (Å²) < 4.78 is 5.18. The van der Waals surface area contributed by atoms with Gasteiger partial charge in [0, 0.05) is 29.9 Å². The summed E-state index contributed by atoms with van der Waals surface area (Å²) in [6, 6.07) is 3.73.